The molecule has 0 spiro atoms. The number of imidazole rings is 1. The van der Waals surface area contributed by atoms with Crippen molar-refractivity contribution < 1.29 is 4.79 Å². The molecule has 16 heavy (non-hydrogen) atoms. The second-order valence-corrected chi connectivity index (χ2v) is 3.52. The predicted octanol–water partition coefficient (Wildman–Crippen LogP) is 0.519. The Hall–Kier alpha value is -1.36. The molecular formula is C11H20N4O. The van der Waals surface area contributed by atoms with Gasteiger partial charge in [0.25, 0.3) is 0 Å². The maximum Gasteiger partial charge on any atom is 0.221 e. The largest absolute Gasteiger partial charge is 0.356 e. The number of hydrogen-bond donors (Lipinski definition) is 2. The number of nitrogens with zero attached hydrogens (tertiary/aromatic N) is 2. The zero-order valence-corrected chi connectivity index (χ0v) is 9.99. The van der Waals surface area contributed by atoms with Gasteiger partial charge in [-0.15, -0.1) is 0 Å². The van der Waals surface area contributed by atoms with Gasteiger partial charge in [-0.25, -0.2) is 4.98 Å². The summed E-state index contributed by atoms with van der Waals surface area (Å²) in [5, 5.41) is 6.00. The van der Waals surface area contributed by atoms with E-state index in [1.807, 2.05) is 17.7 Å². The Kier molecular flexibility index (Phi) is 5.56. The molecule has 0 aromatic carbocycles. The number of carbonyl (C=O) groups is 1. The quantitative estimate of drug-likeness (QED) is 0.710. The summed E-state index contributed by atoms with van der Waals surface area (Å²) in [6.07, 6.45) is 4.18. The van der Waals surface area contributed by atoms with Crippen LogP contribution in [-0.2, 0) is 17.9 Å². The van der Waals surface area contributed by atoms with Crippen LogP contribution in [-0.4, -0.2) is 28.5 Å². The summed E-state index contributed by atoms with van der Waals surface area (Å²) in [7, 11) is 0. The zero-order chi connectivity index (χ0) is 11.8. The third-order valence-corrected chi connectivity index (χ3v) is 2.29. The highest BCUT2D eigenvalue weighted by atomic mass is 16.1. The smallest absolute Gasteiger partial charge is 0.221 e. The van der Waals surface area contributed by atoms with Crippen LogP contribution in [0, 0.1) is 0 Å². The molecule has 0 fully saturated rings. The first-order chi connectivity index (χ1) is 7.77. The molecule has 0 radical (unpaired) electrons. The van der Waals surface area contributed by atoms with Crippen molar-refractivity contribution in [2.24, 2.45) is 0 Å². The van der Waals surface area contributed by atoms with E-state index in [4.69, 9.17) is 0 Å². The highest BCUT2D eigenvalue weighted by Crippen LogP contribution is 1.99. The Bertz CT molecular complexity index is 322. The molecule has 0 aliphatic rings. The van der Waals surface area contributed by atoms with Crippen molar-refractivity contribution in [2.45, 2.75) is 33.4 Å². The summed E-state index contributed by atoms with van der Waals surface area (Å²) >= 11 is 0. The van der Waals surface area contributed by atoms with E-state index >= 15 is 0 Å². The molecule has 1 heterocycles. The van der Waals surface area contributed by atoms with Crippen LogP contribution in [0.5, 0.6) is 0 Å². The minimum Gasteiger partial charge on any atom is -0.356 e. The van der Waals surface area contributed by atoms with E-state index in [9.17, 15) is 4.79 Å². The molecule has 0 saturated heterocycles. The fourth-order valence-corrected chi connectivity index (χ4v) is 1.46. The Labute approximate surface area is 96.3 Å². The van der Waals surface area contributed by atoms with Gasteiger partial charge in [0, 0.05) is 31.9 Å². The number of nitrogens with one attached hydrogen (secondary N) is 2. The van der Waals surface area contributed by atoms with Gasteiger partial charge in [0.2, 0.25) is 5.91 Å². The van der Waals surface area contributed by atoms with Crippen molar-refractivity contribution in [3.05, 3.63) is 18.2 Å². The van der Waals surface area contributed by atoms with Gasteiger partial charge in [0.1, 0.15) is 5.82 Å². The van der Waals surface area contributed by atoms with Crippen molar-refractivity contribution in [1.29, 1.82) is 0 Å². The van der Waals surface area contributed by atoms with Gasteiger partial charge in [-0.2, -0.15) is 0 Å². The summed E-state index contributed by atoms with van der Waals surface area (Å²) in [6.45, 7) is 7.02. The Balaban J connectivity index is 2.41. The van der Waals surface area contributed by atoms with E-state index in [1.165, 1.54) is 0 Å². The topological polar surface area (TPSA) is 59.0 Å². The molecule has 0 aliphatic heterocycles. The normalized spacial score (nSPS) is 10.4. The third kappa shape index (κ3) is 4.02. The molecule has 1 aromatic heterocycles. The predicted molar refractivity (Wildman–Crippen MR) is 62.9 cm³/mol. The molecule has 0 saturated carbocycles. The highest BCUT2D eigenvalue weighted by Gasteiger charge is 2.04. The first-order valence-corrected chi connectivity index (χ1v) is 5.75. The lowest BCUT2D eigenvalue weighted by atomic mass is 10.4. The van der Waals surface area contributed by atoms with Crippen LogP contribution < -0.4 is 10.6 Å². The highest BCUT2D eigenvalue weighted by molar-refractivity contribution is 5.75. The average molecular weight is 224 g/mol. The van der Waals surface area contributed by atoms with Crippen LogP contribution in [0.1, 0.15) is 26.1 Å². The van der Waals surface area contributed by atoms with Gasteiger partial charge >= 0.3 is 0 Å². The molecule has 0 aliphatic carbocycles. The van der Waals surface area contributed by atoms with Crippen molar-refractivity contribution >= 4 is 5.91 Å². The Morgan fingerprint density at radius 2 is 2.25 bits per heavy atom. The van der Waals surface area contributed by atoms with E-state index in [2.05, 4.69) is 22.5 Å². The van der Waals surface area contributed by atoms with Crippen LogP contribution in [0.2, 0.25) is 0 Å². The summed E-state index contributed by atoms with van der Waals surface area (Å²) < 4.78 is 2.01. The number of carbonyl (C=O) groups excluding carboxylic acids is 1. The van der Waals surface area contributed by atoms with Crippen LogP contribution in [0.3, 0.4) is 0 Å². The van der Waals surface area contributed by atoms with Crippen molar-refractivity contribution in [3.8, 4) is 0 Å². The monoisotopic (exact) mass is 224 g/mol. The van der Waals surface area contributed by atoms with Crippen molar-refractivity contribution in [3.63, 3.8) is 0 Å². The van der Waals surface area contributed by atoms with Gasteiger partial charge in [-0.05, 0) is 13.5 Å². The first-order valence-electron chi connectivity index (χ1n) is 5.75. The fourth-order valence-electron chi connectivity index (χ4n) is 1.46. The molecule has 5 nitrogen and oxygen atoms in total. The molecular weight excluding hydrogens is 204 g/mol. The minimum atomic E-state index is 0.0885. The summed E-state index contributed by atoms with van der Waals surface area (Å²) in [4.78, 5) is 15.5. The van der Waals surface area contributed by atoms with E-state index in [0.29, 0.717) is 19.5 Å². The summed E-state index contributed by atoms with van der Waals surface area (Å²) in [6, 6.07) is 0. The maximum atomic E-state index is 11.3. The van der Waals surface area contributed by atoms with Crippen molar-refractivity contribution in [1.82, 2.24) is 20.2 Å². The standard InChI is InChI=1S/C11H20N4O/c1-3-12-9-10-14-6-8-15(10)7-5-11(16)13-4-2/h6,8,12H,3-5,7,9H2,1-2H3,(H,13,16). The van der Waals surface area contributed by atoms with E-state index < -0.39 is 0 Å². The second kappa shape index (κ2) is 7.00. The summed E-state index contributed by atoms with van der Waals surface area (Å²) in [5.74, 6) is 1.07. The second-order valence-electron chi connectivity index (χ2n) is 3.52. The molecule has 0 bridgehead atoms. The first kappa shape index (κ1) is 12.7. The number of amides is 1. The van der Waals surface area contributed by atoms with Gasteiger partial charge in [-0.3, -0.25) is 4.79 Å². The van der Waals surface area contributed by atoms with Gasteiger partial charge in [0.15, 0.2) is 0 Å². The lowest BCUT2D eigenvalue weighted by Crippen LogP contribution is -2.24. The van der Waals surface area contributed by atoms with Crippen LogP contribution in [0.25, 0.3) is 0 Å². The lowest BCUT2D eigenvalue weighted by Gasteiger charge is -2.07. The van der Waals surface area contributed by atoms with Crippen molar-refractivity contribution in [2.75, 3.05) is 13.1 Å². The number of rotatable bonds is 7. The van der Waals surface area contributed by atoms with E-state index in [0.717, 1.165) is 18.9 Å². The van der Waals surface area contributed by atoms with Crippen LogP contribution in [0.15, 0.2) is 12.4 Å². The average Bonchev–Trinajstić information content (AvgIpc) is 2.71. The maximum absolute atomic E-state index is 11.3. The van der Waals surface area contributed by atoms with Gasteiger partial charge < -0.3 is 15.2 Å². The van der Waals surface area contributed by atoms with Gasteiger partial charge in [-0.1, -0.05) is 6.92 Å². The summed E-state index contributed by atoms with van der Waals surface area (Å²) in [5.41, 5.74) is 0. The van der Waals surface area contributed by atoms with E-state index in [-0.39, 0.29) is 5.91 Å². The molecule has 5 heteroatoms. The van der Waals surface area contributed by atoms with Crippen LogP contribution >= 0.6 is 0 Å². The molecule has 90 valence electrons. The molecule has 1 rings (SSSR count). The third-order valence-electron chi connectivity index (χ3n) is 2.29. The molecule has 0 atom stereocenters. The number of aromatic nitrogens is 2. The van der Waals surface area contributed by atoms with Gasteiger partial charge in [0.05, 0.1) is 6.54 Å². The number of aryl methyl sites for hydroxylation is 1. The SMILES string of the molecule is CCNCc1nccn1CCC(=O)NCC. The molecule has 1 amide bonds. The zero-order valence-electron chi connectivity index (χ0n) is 9.99. The van der Waals surface area contributed by atoms with E-state index in [1.54, 1.807) is 6.20 Å². The Morgan fingerprint density at radius 3 is 2.94 bits per heavy atom. The van der Waals surface area contributed by atoms with Crippen LogP contribution in [0.4, 0.5) is 0 Å². The molecule has 1 aromatic rings. The molecule has 0 unspecified atom stereocenters. The lowest BCUT2D eigenvalue weighted by molar-refractivity contribution is -0.121. The minimum absolute atomic E-state index is 0.0885. The molecule has 2 N–H and O–H groups in total. The fraction of sp³-hybridized carbons (Fsp3) is 0.636. The number of hydrogen-bond acceptors (Lipinski definition) is 3. The Morgan fingerprint density at radius 1 is 1.44 bits per heavy atom.